The van der Waals surface area contributed by atoms with Gasteiger partial charge in [-0.15, -0.1) is 0 Å². The molecule has 110 valence electrons. The van der Waals surface area contributed by atoms with Crippen LogP contribution in [0.5, 0.6) is 0 Å². The minimum absolute atomic E-state index is 0.415. The highest BCUT2D eigenvalue weighted by Crippen LogP contribution is 2.33. The van der Waals surface area contributed by atoms with Gasteiger partial charge in [-0.2, -0.15) is 0 Å². The van der Waals surface area contributed by atoms with Gasteiger partial charge in [0, 0.05) is 23.5 Å². The van der Waals surface area contributed by atoms with E-state index in [1.54, 1.807) is 0 Å². The minimum atomic E-state index is 0.415. The molecule has 1 fully saturated rings. The summed E-state index contributed by atoms with van der Waals surface area (Å²) < 4.78 is 0. The number of nitrogens with zero attached hydrogens (tertiary/aromatic N) is 2. The van der Waals surface area contributed by atoms with Crippen LogP contribution in [0.2, 0.25) is 0 Å². The van der Waals surface area contributed by atoms with Crippen LogP contribution in [-0.4, -0.2) is 22.6 Å². The Labute approximate surface area is 131 Å². The monoisotopic (exact) mass is 299 g/mol. The fraction of sp³-hybridized carbons (Fsp3) is 0.412. The second kappa shape index (κ2) is 5.60. The summed E-state index contributed by atoms with van der Waals surface area (Å²) in [7, 11) is 0. The summed E-state index contributed by atoms with van der Waals surface area (Å²) in [6.07, 6.45) is 2.66. The second-order valence-corrected chi connectivity index (χ2v) is 6.54. The highest BCUT2D eigenvalue weighted by Gasteiger charge is 2.26. The lowest BCUT2D eigenvalue weighted by Crippen LogP contribution is -2.33. The second-order valence-electron chi connectivity index (χ2n) is 6.10. The van der Waals surface area contributed by atoms with Gasteiger partial charge in [0.15, 0.2) is 0 Å². The Bertz CT molecular complexity index is 677. The van der Waals surface area contributed by atoms with Gasteiger partial charge < -0.3 is 10.6 Å². The van der Waals surface area contributed by atoms with Crippen molar-refractivity contribution in [2.24, 2.45) is 11.7 Å². The number of hydrogen-bond acceptors (Lipinski definition) is 3. The maximum atomic E-state index is 5.92. The molecule has 2 aromatic rings. The van der Waals surface area contributed by atoms with Gasteiger partial charge in [-0.05, 0) is 44.7 Å². The van der Waals surface area contributed by atoms with Crippen molar-refractivity contribution in [3.63, 3.8) is 0 Å². The first-order valence-corrected chi connectivity index (χ1v) is 7.93. The average molecular weight is 299 g/mol. The van der Waals surface area contributed by atoms with Crippen molar-refractivity contribution in [1.29, 1.82) is 0 Å². The molecule has 0 spiro atoms. The molecule has 0 amide bonds. The predicted molar refractivity (Wildman–Crippen MR) is 92.8 cm³/mol. The van der Waals surface area contributed by atoms with E-state index in [2.05, 4.69) is 18.7 Å². The zero-order valence-electron chi connectivity index (χ0n) is 12.5. The summed E-state index contributed by atoms with van der Waals surface area (Å²) >= 11 is 5.23. The van der Waals surface area contributed by atoms with Crippen LogP contribution in [0.4, 0.5) is 5.82 Å². The maximum absolute atomic E-state index is 5.92. The Kier molecular flexibility index (Phi) is 3.81. The summed E-state index contributed by atoms with van der Waals surface area (Å²) in [5.74, 6) is 1.80. The minimum Gasteiger partial charge on any atom is -0.389 e. The number of anilines is 1. The van der Waals surface area contributed by atoms with Gasteiger partial charge in [-0.3, -0.25) is 0 Å². The quantitative estimate of drug-likeness (QED) is 0.858. The number of thiocarbonyl (C=S) groups is 1. The summed E-state index contributed by atoms with van der Waals surface area (Å²) in [4.78, 5) is 7.63. The first-order chi connectivity index (χ1) is 10.1. The van der Waals surface area contributed by atoms with Crippen molar-refractivity contribution in [3.8, 4) is 0 Å². The molecule has 2 N–H and O–H groups in total. The van der Waals surface area contributed by atoms with E-state index in [9.17, 15) is 0 Å². The summed E-state index contributed by atoms with van der Waals surface area (Å²) in [5.41, 5.74) is 7.80. The standard InChI is InChI=1S/C17H21N3S/c1-11(2)20(10-12-7-8-12)16-9-14(17(18)21)13-5-3-4-6-15(13)19-16/h3-6,9,11-12H,7-8,10H2,1-2H3,(H2,18,21). The fourth-order valence-corrected chi connectivity index (χ4v) is 2.83. The van der Waals surface area contributed by atoms with E-state index in [-0.39, 0.29) is 0 Å². The van der Waals surface area contributed by atoms with Gasteiger partial charge in [-0.1, -0.05) is 30.4 Å². The van der Waals surface area contributed by atoms with Gasteiger partial charge in [0.25, 0.3) is 0 Å². The molecule has 1 aromatic heterocycles. The van der Waals surface area contributed by atoms with E-state index in [4.69, 9.17) is 22.9 Å². The number of fused-ring (bicyclic) bond motifs is 1. The third-order valence-electron chi connectivity index (χ3n) is 4.04. The molecule has 0 unspecified atom stereocenters. The number of nitrogens with two attached hydrogens (primary N) is 1. The largest absolute Gasteiger partial charge is 0.389 e. The van der Waals surface area contributed by atoms with Crippen molar-refractivity contribution in [1.82, 2.24) is 4.98 Å². The molecule has 0 atom stereocenters. The molecule has 4 heteroatoms. The Hall–Kier alpha value is -1.68. The first-order valence-electron chi connectivity index (χ1n) is 7.52. The summed E-state index contributed by atoms with van der Waals surface area (Å²) in [6.45, 7) is 5.49. The van der Waals surface area contributed by atoms with Gasteiger partial charge in [-0.25, -0.2) is 4.98 Å². The molecule has 1 aromatic carbocycles. The normalized spacial score (nSPS) is 14.6. The fourth-order valence-electron chi connectivity index (χ4n) is 2.66. The highest BCUT2D eigenvalue weighted by molar-refractivity contribution is 7.80. The highest BCUT2D eigenvalue weighted by atomic mass is 32.1. The van der Waals surface area contributed by atoms with Crippen LogP contribution in [0.15, 0.2) is 30.3 Å². The number of hydrogen-bond donors (Lipinski definition) is 1. The SMILES string of the molecule is CC(C)N(CC1CC1)c1cc(C(N)=S)c2ccccc2n1. The molecule has 3 rings (SSSR count). The van der Waals surface area contributed by atoms with Crippen molar-refractivity contribution in [2.45, 2.75) is 32.7 Å². The maximum Gasteiger partial charge on any atom is 0.130 e. The molecular formula is C17H21N3S. The van der Waals surface area contributed by atoms with Crippen LogP contribution in [0.3, 0.4) is 0 Å². The molecule has 0 saturated heterocycles. The van der Waals surface area contributed by atoms with E-state index >= 15 is 0 Å². The third kappa shape index (κ3) is 3.00. The van der Waals surface area contributed by atoms with Gasteiger partial charge in [0.05, 0.1) is 5.52 Å². The van der Waals surface area contributed by atoms with Gasteiger partial charge in [0.2, 0.25) is 0 Å². The number of rotatable bonds is 5. The number of benzene rings is 1. The molecule has 21 heavy (non-hydrogen) atoms. The Balaban J connectivity index is 2.10. The lowest BCUT2D eigenvalue weighted by Gasteiger charge is -2.28. The molecule has 1 aliphatic carbocycles. The zero-order valence-corrected chi connectivity index (χ0v) is 13.4. The molecule has 0 radical (unpaired) electrons. The van der Waals surface area contributed by atoms with Gasteiger partial charge >= 0.3 is 0 Å². The van der Waals surface area contributed by atoms with E-state index < -0.39 is 0 Å². The lowest BCUT2D eigenvalue weighted by molar-refractivity contribution is 0.638. The van der Waals surface area contributed by atoms with Crippen molar-refractivity contribution in [3.05, 3.63) is 35.9 Å². The molecule has 3 nitrogen and oxygen atoms in total. The van der Waals surface area contributed by atoms with E-state index in [0.717, 1.165) is 34.7 Å². The number of pyridine rings is 1. The Morgan fingerprint density at radius 3 is 2.71 bits per heavy atom. The molecule has 0 bridgehead atoms. The predicted octanol–water partition coefficient (Wildman–Crippen LogP) is 3.49. The molecule has 0 aliphatic heterocycles. The first kappa shape index (κ1) is 14.3. The molecular weight excluding hydrogens is 278 g/mol. The van der Waals surface area contributed by atoms with Crippen LogP contribution < -0.4 is 10.6 Å². The zero-order chi connectivity index (χ0) is 15.0. The third-order valence-corrected chi connectivity index (χ3v) is 4.26. The summed E-state index contributed by atoms with van der Waals surface area (Å²) in [5, 5.41) is 1.03. The van der Waals surface area contributed by atoms with E-state index in [1.165, 1.54) is 12.8 Å². The van der Waals surface area contributed by atoms with Crippen LogP contribution in [0, 0.1) is 5.92 Å². The smallest absolute Gasteiger partial charge is 0.130 e. The van der Waals surface area contributed by atoms with Crippen molar-refractivity contribution in [2.75, 3.05) is 11.4 Å². The van der Waals surface area contributed by atoms with Crippen molar-refractivity contribution < 1.29 is 0 Å². The Morgan fingerprint density at radius 2 is 2.10 bits per heavy atom. The van der Waals surface area contributed by atoms with Crippen molar-refractivity contribution >= 4 is 33.9 Å². The van der Waals surface area contributed by atoms with Crippen LogP contribution in [0.1, 0.15) is 32.3 Å². The van der Waals surface area contributed by atoms with Crippen LogP contribution in [-0.2, 0) is 0 Å². The van der Waals surface area contributed by atoms with Gasteiger partial charge in [0.1, 0.15) is 10.8 Å². The average Bonchev–Trinajstić information content (AvgIpc) is 3.27. The van der Waals surface area contributed by atoms with Crippen LogP contribution in [0.25, 0.3) is 10.9 Å². The molecule has 1 saturated carbocycles. The van der Waals surface area contributed by atoms with E-state index in [0.29, 0.717) is 11.0 Å². The number of aromatic nitrogens is 1. The lowest BCUT2D eigenvalue weighted by atomic mass is 10.1. The Morgan fingerprint density at radius 1 is 1.38 bits per heavy atom. The molecule has 1 heterocycles. The topological polar surface area (TPSA) is 42.1 Å². The van der Waals surface area contributed by atoms with E-state index in [1.807, 2.05) is 30.3 Å². The summed E-state index contributed by atoms with van der Waals surface area (Å²) in [6, 6.07) is 10.5. The van der Waals surface area contributed by atoms with Crippen LogP contribution >= 0.6 is 12.2 Å². The molecule has 1 aliphatic rings. The number of para-hydroxylation sites is 1.